The molecular weight excluding hydrogens is 176 g/mol. The topological polar surface area (TPSA) is 0 Å². The number of thiol groups is 1. The van der Waals surface area contributed by atoms with E-state index in [2.05, 4.69) is 50.4 Å². The summed E-state index contributed by atoms with van der Waals surface area (Å²) in [6.07, 6.45) is 2.75. The molecule has 0 aliphatic carbocycles. The van der Waals surface area contributed by atoms with Gasteiger partial charge in [0.2, 0.25) is 0 Å². The molecule has 0 saturated heterocycles. The molecule has 0 unspecified atom stereocenters. The summed E-state index contributed by atoms with van der Waals surface area (Å²) in [7, 11) is 0. The van der Waals surface area contributed by atoms with Gasteiger partial charge in [0.15, 0.2) is 0 Å². The summed E-state index contributed by atoms with van der Waals surface area (Å²) in [5.41, 5.74) is 3.73. The Kier molecular flexibility index (Phi) is 3.84. The zero-order valence-electron chi connectivity index (χ0n) is 7.83. The number of hydrogen-bond donors (Lipinski definition) is 1. The molecule has 0 heterocycles. The van der Waals surface area contributed by atoms with E-state index in [9.17, 15) is 0 Å². The third-order valence-corrected chi connectivity index (χ3v) is 2.29. The van der Waals surface area contributed by atoms with Gasteiger partial charge in [0.1, 0.15) is 0 Å². The monoisotopic (exact) mass is 190 g/mol. The van der Waals surface area contributed by atoms with Gasteiger partial charge in [-0.1, -0.05) is 42.5 Å². The minimum absolute atomic E-state index is 0.910. The van der Waals surface area contributed by atoms with E-state index in [0.29, 0.717) is 0 Å². The first kappa shape index (κ1) is 10.1. The van der Waals surface area contributed by atoms with Gasteiger partial charge in [-0.2, -0.15) is 12.6 Å². The summed E-state index contributed by atoms with van der Waals surface area (Å²) in [6, 6.07) is 8.51. The molecule has 1 rings (SSSR count). The fourth-order valence-corrected chi connectivity index (χ4v) is 1.31. The van der Waals surface area contributed by atoms with Crippen molar-refractivity contribution in [2.24, 2.45) is 0 Å². The summed E-state index contributed by atoms with van der Waals surface area (Å²) < 4.78 is 0. The predicted molar refractivity (Wildman–Crippen MR) is 62.1 cm³/mol. The highest BCUT2D eigenvalue weighted by Gasteiger charge is 1.94. The minimum Gasteiger partial charge on any atom is -0.151 e. The average molecular weight is 190 g/mol. The van der Waals surface area contributed by atoms with Gasteiger partial charge in [-0.25, -0.2) is 0 Å². The van der Waals surface area contributed by atoms with E-state index in [4.69, 9.17) is 0 Å². The number of rotatable bonds is 3. The van der Waals surface area contributed by atoms with Crippen LogP contribution < -0.4 is 0 Å². The molecule has 0 aromatic heterocycles. The van der Waals surface area contributed by atoms with E-state index in [0.717, 1.165) is 12.0 Å². The van der Waals surface area contributed by atoms with Gasteiger partial charge in [0.05, 0.1) is 0 Å². The van der Waals surface area contributed by atoms with Crippen LogP contribution >= 0.6 is 12.6 Å². The van der Waals surface area contributed by atoms with Crippen molar-refractivity contribution < 1.29 is 0 Å². The first-order valence-corrected chi connectivity index (χ1v) is 4.79. The third kappa shape index (κ3) is 3.11. The molecule has 0 fully saturated rings. The van der Waals surface area contributed by atoms with Crippen LogP contribution in [0.4, 0.5) is 0 Å². The van der Waals surface area contributed by atoms with Gasteiger partial charge in [-0.05, 0) is 29.9 Å². The van der Waals surface area contributed by atoms with Crippen molar-refractivity contribution in [3.63, 3.8) is 0 Å². The van der Waals surface area contributed by atoms with Crippen LogP contribution in [-0.4, -0.2) is 0 Å². The van der Waals surface area contributed by atoms with Gasteiger partial charge in [-0.3, -0.25) is 0 Å². The summed E-state index contributed by atoms with van der Waals surface area (Å²) >= 11 is 4.11. The standard InChI is InChI=1S/C12H14S/c1-3-11(9-13)8-12-6-4-10(2)5-7-12/h3-7,9,13H,1,8H2,2H3/b11-9+. The Morgan fingerprint density at radius 2 is 2.00 bits per heavy atom. The Morgan fingerprint density at radius 1 is 1.38 bits per heavy atom. The van der Waals surface area contributed by atoms with E-state index in [1.807, 2.05) is 6.08 Å². The molecule has 0 aliphatic heterocycles. The Hall–Kier alpha value is -0.950. The smallest absolute Gasteiger partial charge is 0.00210 e. The van der Waals surface area contributed by atoms with Crippen LogP contribution in [0.25, 0.3) is 0 Å². The van der Waals surface area contributed by atoms with Crippen molar-refractivity contribution in [3.05, 3.63) is 59.0 Å². The fourth-order valence-electron chi connectivity index (χ4n) is 1.11. The van der Waals surface area contributed by atoms with Crippen LogP contribution in [0, 0.1) is 6.92 Å². The predicted octanol–water partition coefficient (Wildman–Crippen LogP) is 3.54. The molecule has 1 aromatic carbocycles. The van der Waals surface area contributed by atoms with Crippen LogP contribution in [0.15, 0.2) is 47.9 Å². The van der Waals surface area contributed by atoms with Gasteiger partial charge in [0.25, 0.3) is 0 Å². The maximum Gasteiger partial charge on any atom is -0.00210 e. The molecule has 1 aromatic rings. The Morgan fingerprint density at radius 3 is 2.46 bits per heavy atom. The number of benzene rings is 1. The van der Waals surface area contributed by atoms with E-state index in [-0.39, 0.29) is 0 Å². The summed E-state index contributed by atoms with van der Waals surface area (Å²) in [4.78, 5) is 0. The fraction of sp³-hybridized carbons (Fsp3) is 0.167. The van der Waals surface area contributed by atoms with E-state index < -0.39 is 0 Å². The second-order valence-corrected chi connectivity index (χ2v) is 3.33. The SMILES string of the molecule is C=C/C(=C\S)Cc1ccc(C)cc1. The first-order valence-electron chi connectivity index (χ1n) is 4.27. The first-order chi connectivity index (χ1) is 6.26. The normalized spacial score (nSPS) is 11.4. The molecule has 0 saturated carbocycles. The highest BCUT2D eigenvalue weighted by molar-refractivity contribution is 7.83. The molecule has 1 heteroatoms. The lowest BCUT2D eigenvalue weighted by Crippen LogP contribution is -1.86. The molecule has 0 atom stereocenters. The largest absolute Gasteiger partial charge is 0.151 e. The van der Waals surface area contributed by atoms with Gasteiger partial charge in [-0.15, -0.1) is 0 Å². The Bertz CT molecular complexity index is 306. The quantitative estimate of drug-likeness (QED) is 0.547. The van der Waals surface area contributed by atoms with Gasteiger partial charge < -0.3 is 0 Å². The molecule has 0 nitrogen and oxygen atoms in total. The maximum atomic E-state index is 4.11. The summed E-state index contributed by atoms with van der Waals surface area (Å²) in [5.74, 6) is 0. The molecule has 68 valence electrons. The van der Waals surface area contributed by atoms with Crippen LogP contribution in [0.5, 0.6) is 0 Å². The Balaban J connectivity index is 2.74. The van der Waals surface area contributed by atoms with Crippen LogP contribution in [0.3, 0.4) is 0 Å². The molecule has 0 spiro atoms. The number of aryl methyl sites for hydroxylation is 1. The second kappa shape index (κ2) is 4.93. The zero-order valence-corrected chi connectivity index (χ0v) is 8.72. The number of hydrogen-bond acceptors (Lipinski definition) is 1. The lowest BCUT2D eigenvalue weighted by molar-refractivity contribution is 1.20. The molecule has 0 radical (unpaired) electrons. The maximum absolute atomic E-state index is 4.11. The second-order valence-electron chi connectivity index (χ2n) is 3.07. The van der Waals surface area contributed by atoms with Gasteiger partial charge in [0, 0.05) is 0 Å². The van der Waals surface area contributed by atoms with E-state index >= 15 is 0 Å². The highest BCUT2D eigenvalue weighted by Crippen LogP contribution is 2.10. The molecule has 0 bridgehead atoms. The third-order valence-electron chi connectivity index (χ3n) is 1.96. The van der Waals surface area contributed by atoms with Crippen molar-refractivity contribution in [1.82, 2.24) is 0 Å². The van der Waals surface area contributed by atoms with Crippen molar-refractivity contribution in [3.8, 4) is 0 Å². The Labute approximate surface area is 85.4 Å². The van der Waals surface area contributed by atoms with Crippen LogP contribution in [-0.2, 0) is 6.42 Å². The van der Waals surface area contributed by atoms with Crippen LogP contribution in [0.1, 0.15) is 11.1 Å². The van der Waals surface area contributed by atoms with Crippen molar-refractivity contribution in [2.45, 2.75) is 13.3 Å². The summed E-state index contributed by atoms with van der Waals surface area (Å²) in [5, 5.41) is 1.80. The molecule has 0 amide bonds. The van der Waals surface area contributed by atoms with E-state index in [1.54, 1.807) is 5.41 Å². The number of allylic oxidation sites excluding steroid dienone is 2. The molecule has 0 aliphatic rings. The van der Waals surface area contributed by atoms with Gasteiger partial charge >= 0.3 is 0 Å². The lowest BCUT2D eigenvalue weighted by Gasteiger charge is -2.01. The van der Waals surface area contributed by atoms with E-state index in [1.165, 1.54) is 11.1 Å². The highest BCUT2D eigenvalue weighted by atomic mass is 32.1. The molecular formula is C12H14S. The average Bonchev–Trinajstić information content (AvgIpc) is 2.17. The zero-order chi connectivity index (χ0) is 9.68. The van der Waals surface area contributed by atoms with Crippen molar-refractivity contribution >= 4 is 12.6 Å². The lowest BCUT2D eigenvalue weighted by atomic mass is 10.1. The molecule has 0 N–H and O–H groups in total. The van der Waals surface area contributed by atoms with Crippen LogP contribution in [0.2, 0.25) is 0 Å². The molecule has 13 heavy (non-hydrogen) atoms. The van der Waals surface area contributed by atoms with Crippen molar-refractivity contribution in [1.29, 1.82) is 0 Å². The minimum atomic E-state index is 0.910. The summed E-state index contributed by atoms with van der Waals surface area (Å²) in [6.45, 7) is 5.82. The van der Waals surface area contributed by atoms with Crippen molar-refractivity contribution in [2.75, 3.05) is 0 Å².